The fraction of sp³-hybridized carbons (Fsp3) is 0.692. The Balaban J connectivity index is 3.15. The van der Waals surface area contributed by atoms with Gasteiger partial charge in [0.25, 0.3) is 0 Å². The van der Waals surface area contributed by atoms with Crippen molar-refractivity contribution in [1.82, 2.24) is 9.80 Å². The highest BCUT2D eigenvalue weighted by atomic mass is 16.5. The van der Waals surface area contributed by atoms with Gasteiger partial charge in [0.15, 0.2) is 0 Å². The minimum atomic E-state index is -1.08. The van der Waals surface area contributed by atoms with E-state index in [1.54, 1.807) is 6.08 Å². The zero-order chi connectivity index (χ0) is 14.6. The number of methoxy groups -OCH3 is 1. The van der Waals surface area contributed by atoms with Gasteiger partial charge in [-0.05, 0) is 26.9 Å². The van der Waals surface area contributed by atoms with Gasteiger partial charge in [0.1, 0.15) is 6.04 Å². The maximum Gasteiger partial charge on any atom is 0.408 e. The van der Waals surface area contributed by atoms with Crippen LogP contribution in [0, 0.1) is 5.41 Å². The molecule has 0 aromatic carbocycles. The van der Waals surface area contributed by atoms with E-state index >= 15 is 0 Å². The Morgan fingerprint density at radius 3 is 2.63 bits per heavy atom. The third-order valence-electron chi connectivity index (χ3n) is 3.59. The molecule has 2 unspecified atom stereocenters. The Labute approximate surface area is 113 Å². The number of carbonyl (C=O) groups excluding carboxylic acids is 1. The summed E-state index contributed by atoms with van der Waals surface area (Å²) in [5.74, 6) is -0.497. The molecule has 19 heavy (non-hydrogen) atoms. The fourth-order valence-electron chi connectivity index (χ4n) is 3.00. The maximum absolute atomic E-state index is 12.0. The first-order valence-corrected chi connectivity index (χ1v) is 6.21. The first kappa shape index (κ1) is 15.5. The van der Waals surface area contributed by atoms with Crippen molar-refractivity contribution in [2.45, 2.75) is 18.9 Å². The van der Waals surface area contributed by atoms with Crippen molar-refractivity contribution in [3.8, 4) is 0 Å². The number of ether oxygens (including phenoxy) is 1. The summed E-state index contributed by atoms with van der Waals surface area (Å²) >= 11 is 0. The van der Waals surface area contributed by atoms with Crippen molar-refractivity contribution in [3.05, 3.63) is 12.7 Å². The van der Waals surface area contributed by atoms with E-state index in [-0.39, 0.29) is 0 Å². The van der Waals surface area contributed by atoms with Crippen LogP contribution in [0.4, 0.5) is 4.79 Å². The molecule has 6 heteroatoms. The lowest BCUT2D eigenvalue weighted by Crippen LogP contribution is -2.51. The molecule has 0 bridgehead atoms. The number of carboxylic acid groups (broad SMARTS) is 1. The molecule has 1 heterocycles. The van der Waals surface area contributed by atoms with Gasteiger partial charge in [-0.2, -0.15) is 0 Å². The number of esters is 1. The third-order valence-corrected chi connectivity index (χ3v) is 3.59. The quantitative estimate of drug-likeness (QED) is 0.597. The van der Waals surface area contributed by atoms with Crippen LogP contribution in [-0.4, -0.2) is 67.3 Å². The molecule has 1 N–H and O–H groups in total. The highest BCUT2D eigenvalue weighted by Crippen LogP contribution is 2.41. The topological polar surface area (TPSA) is 70.1 Å². The summed E-state index contributed by atoms with van der Waals surface area (Å²) < 4.78 is 4.80. The number of rotatable bonds is 5. The lowest BCUT2D eigenvalue weighted by molar-refractivity contribution is -0.149. The van der Waals surface area contributed by atoms with E-state index in [9.17, 15) is 14.7 Å². The Morgan fingerprint density at radius 1 is 1.58 bits per heavy atom. The van der Waals surface area contributed by atoms with E-state index in [4.69, 9.17) is 4.74 Å². The molecule has 108 valence electrons. The molecule has 1 rings (SSSR count). The number of allylic oxidation sites excluding steroid dienone is 1. The standard InChI is InChI=1S/C13H22N2O4/c1-5-6-13(9-14(2)3)7-8-15(12(17)18)10(13)11(16)19-4/h5,10H,1,6-9H2,2-4H3,(H,17,18). The van der Waals surface area contributed by atoms with E-state index in [1.165, 1.54) is 12.0 Å². The third kappa shape index (κ3) is 3.07. The van der Waals surface area contributed by atoms with E-state index in [1.807, 2.05) is 19.0 Å². The monoisotopic (exact) mass is 270 g/mol. The highest BCUT2D eigenvalue weighted by molar-refractivity contribution is 5.82. The molecule has 1 fully saturated rings. The first-order valence-electron chi connectivity index (χ1n) is 6.21. The summed E-state index contributed by atoms with van der Waals surface area (Å²) in [5, 5.41) is 9.24. The molecule has 2 atom stereocenters. The molecule has 1 aliphatic rings. The number of hydrogen-bond donors (Lipinski definition) is 1. The van der Waals surface area contributed by atoms with E-state index in [2.05, 4.69) is 6.58 Å². The smallest absolute Gasteiger partial charge is 0.408 e. The summed E-state index contributed by atoms with van der Waals surface area (Å²) in [6.45, 7) is 4.69. The van der Waals surface area contributed by atoms with Crippen LogP contribution in [-0.2, 0) is 9.53 Å². The zero-order valence-corrected chi connectivity index (χ0v) is 11.8. The van der Waals surface area contributed by atoms with Crippen LogP contribution in [0.3, 0.4) is 0 Å². The van der Waals surface area contributed by atoms with Gasteiger partial charge in [0, 0.05) is 18.5 Å². The van der Waals surface area contributed by atoms with Gasteiger partial charge in [0.05, 0.1) is 7.11 Å². The summed E-state index contributed by atoms with van der Waals surface area (Å²) in [6, 6.07) is -0.768. The number of likely N-dealkylation sites (tertiary alicyclic amines) is 1. The summed E-state index contributed by atoms with van der Waals surface area (Å²) in [7, 11) is 5.10. The van der Waals surface area contributed by atoms with Gasteiger partial charge in [-0.25, -0.2) is 9.59 Å². The normalized spacial score (nSPS) is 26.5. The fourth-order valence-corrected chi connectivity index (χ4v) is 3.00. The molecule has 0 aliphatic carbocycles. The SMILES string of the molecule is C=CCC1(CN(C)C)CCN(C(=O)O)C1C(=O)OC. The molecule has 6 nitrogen and oxygen atoms in total. The van der Waals surface area contributed by atoms with Crippen LogP contribution < -0.4 is 0 Å². The lowest BCUT2D eigenvalue weighted by Gasteiger charge is -2.36. The molecule has 0 aromatic heterocycles. The summed E-state index contributed by atoms with van der Waals surface area (Å²) in [6.07, 6.45) is 1.86. The van der Waals surface area contributed by atoms with Crippen molar-refractivity contribution < 1.29 is 19.4 Å². The number of hydrogen-bond acceptors (Lipinski definition) is 4. The number of nitrogens with zero attached hydrogens (tertiary/aromatic N) is 2. The molecule has 1 saturated heterocycles. The van der Waals surface area contributed by atoms with Gasteiger partial charge in [-0.3, -0.25) is 4.90 Å². The first-order chi connectivity index (χ1) is 8.88. The second kappa shape index (κ2) is 6.06. The van der Waals surface area contributed by atoms with Gasteiger partial charge < -0.3 is 14.7 Å². The predicted octanol–water partition coefficient (Wildman–Crippen LogP) is 1.04. The molecular formula is C13H22N2O4. The van der Waals surface area contributed by atoms with Crippen LogP contribution in [0.25, 0.3) is 0 Å². The molecular weight excluding hydrogens is 248 g/mol. The molecule has 0 radical (unpaired) electrons. The van der Waals surface area contributed by atoms with E-state index < -0.39 is 23.5 Å². The van der Waals surface area contributed by atoms with Crippen molar-refractivity contribution >= 4 is 12.1 Å². The largest absolute Gasteiger partial charge is 0.467 e. The minimum absolute atomic E-state index is 0.344. The Hall–Kier alpha value is -1.56. The van der Waals surface area contributed by atoms with Gasteiger partial charge in [0.2, 0.25) is 0 Å². The Kier molecular flexibility index (Phi) is 4.94. The predicted molar refractivity (Wildman–Crippen MR) is 71.0 cm³/mol. The molecule has 0 saturated carbocycles. The van der Waals surface area contributed by atoms with E-state index in [0.29, 0.717) is 25.9 Å². The van der Waals surface area contributed by atoms with Crippen molar-refractivity contribution in [3.63, 3.8) is 0 Å². The summed E-state index contributed by atoms with van der Waals surface area (Å²) in [4.78, 5) is 26.5. The minimum Gasteiger partial charge on any atom is -0.467 e. The average molecular weight is 270 g/mol. The van der Waals surface area contributed by atoms with Crippen LogP contribution in [0.5, 0.6) is 0 Å². The van der Waals surface area contributed by atoms with Crippen LogP contribution in [0.1, 0.15) is 12.8 Å². The Morgan fingerprint density at radius 2 is 2.21 bits per heavy atom. The van der Waals surface area contributed by atoms with Gasteiger partial charge in [-0.1, -0.05) is 6.08 Å². The van der Waals surface area contributed by atoms with Gasteiger partial charge in [-0.15, -0.1) is 6.58 Å². The average Bonchev–Trinajstić information content (AvgIpc) is 2.67. The number of carbonyl (C=O) groups is 2. The maximum atomic E-state index is 12.0. The Bertz CT molecular complexity index is 370. The van der Waals surface area contributed by atoms with Crippen molar-refractivity contribution in [2.24, 2.45) is 5.41 Å². The molecule has 0 spiro atoms. The number of amides is 1. The van der Waals surface area contributed by atoms with Crippen LogP contribution in [0.2, 0.25) is 0 Å². The zero-order valence-electron chi connectivity index (χ0n) is 11.8. The highest BCUT2D eigenvalue weighted by Gasteiger charge is 2.53. The second-order valence-corrected chi connectivity index (χ2v) is 5.24. The van der Waals surface area contributed by atoms with Crippen molar-refractivity contribution in [2.75, 3.05) is 34.3 Å². The van der Waals surface area contributed by atoms with Crippen LogP contribution in [0.15, 0.2) is 12.7 Å². The van der Waals surface area contributed by atoms with E-state index in [0.717, 1.165) is 0 Å². The lowest BCUT2D eigenvalue weighted by atomic mass is 9.76. The second-order valence-electron chi connectivity index (χ2n) is 5.24. The molecule has 1 aliphatic heterocycles. The molecule has 0 aromatic rings. The van der Waals surface area contributed by atoms with Crippen molar-refractivity contribution in [1.29, 1.82) is 0 Å². The van der Waals surface area contributed by atoms with Gasteiger partial charge >= 0.3 is 12.1 Å². The molecule has 1 amide bonds. The van der Waals surface area contributed by atoms with Crippen LogP contribution >= 0.6 is 0 Å². The summed E-state index contributed by atoms with van der Waals surface area (Å²) in [5.41, 5.74) is -0.462.